The molecule has 55 heavy (non-hydrogen) atoms. The number of hydrogen-bond donors (Lipinski definition) is 1. The topological polar surface area (TPSA) is 80.8 Å². The Morgan fingerprint density at radius 2 is 1.04 bits per heavy atom. The quantitative estimate of drug-likeness (QED) is 0.192. The first kappa shape index (κ1) is 39.1. The van der Waals surface area contributed by atoms with Crippen LogP contribution in [0.4, 0.5) is 21.0 Å². The molecule has 4 heterocycles. The van der Waals surface area contributed by atoms with Crippen molar-refractivity contribution in [1.29, 1.82) is 0 Å². The van der Waals surface area contributed by atoms with Gasteiger partial charge in [0, 0.05) is 46.5 Å². The summed E-state index contributed by atoms with van der Waals surface area (Å²) in [7, 11) is 5.50. The molecule has 4 aromatic rings. The Morgan fingerprint density at radius 3 is 1.45 bits per heavy atom. The summed E-state index contributed by atoms with van der Waals surface area (Å²) in [5, 5.41) is 3.43. The molecule has 1 N–H and O–H groups in total. The summed E-state index contributed by atoms with van der Waals surface area (Å²) in [6.45, 7) is 6.58. The van der Waals surface area contributed by atoms with Gasteiger partial charge in [0.2, 0.25) is 0 Å². The van der Waals surface area contributed by atoms with Crippen LogP contribution in [0, 0.1) is 0 Å². The van der Waals surface area contributed by atoms with Gasteiger partial charge in [0.05, 0.1) is 38.4 Å². The number of likely N-dealkylation sites (tertiary alicyclic amines) is 1. The predicted molar refractivity (Wildman–Crippen MR) is 225 cm³/mol. The summed E-state index contributed by atoms with van der Waals surface area (Å²) < 4.78 is 12.8. The minimum atomic E-state index is -0.127. The summed E-state index contributed by atoms with van der Waals surface area (Å²) >= 11 is 6.96. The first-order chi connectivity index (χ1) is 26.6. The average molecular weight is 875 g/mol. The summed E-state index contributed by atoms with van der Waals surface area (Å²) in [5.41, 5.74) is 3.86. The Hall–Kier alpha value is -4.10. The lowest BCUT2D eigenvalue weighted by atomic mass is 9.86. The Labute approximate surface area is 341 Å². The van der Waals surface area contributed by atoms with Gasteiger partial charge in [0.1, 0.15) is 11.5 Å². The Kier molecular flexibility index (Phi) is 12.1. The molecule has 0 aliphatic carbocycles. The number of benzene rings is 4. The second-order valence-electron chi connectivity index (χ2n) is 15.1. The fourth-order valence-electron chi connectivity index (χ4n) is 8.40. The van der Waals surface area contributed by atoms with E-state index in [0.717, 1.165) is 108 Å². The first-order valence-corrected chi connectivity index (χ1v) is 20.6. The van der Waals surface area contributed by atoms with E-state index in [4.69, 9.17) is 9.47 Å². The highest BCUT2D eigenvalue weighted by Gasteiger charge is 2.51. The standard InChI is InChI=1S/C22H26BrN3O2.C21H24BrN3O2/c1-24-12-10-22(11-13-24)16-25(19-8-6-18(23)7-9-19)21(27)26(22)15-17-4-3-5-20(14-17)28-2;1-27-19-4-2-3-16(13-19)14-25-20(26)24(18-7-5-17(22)6-8-18)15-21(25)9-11-23-12-10-21/h3-9,14H,10-13,15-16H2,1-2H3;2-8,13,23H,9-12,14-15H2,1H3. The Bertz CT molecular complexity index is 1950. The molecule has 0 unspecified atom stereocenters. The van der Waals surface area contributed by atoms with E-state index in [0.29, 0.717) is 13.1 Å². The second kappa shape index (κ2) is 17.0. The minimum Gasteiger partial charge on any atom is -0.497 e. The molecule has 0 bridgehead atoms. The smallest absolute Gasteiger partial charge is 0.325 e. The minimum absolute atomic E-state index is 0.0852. The Morgan fingerprint density at radius 1 is 0.618 bits per heavy atom. The number of hydrogen-bond acceptors (Lipinski definition) is 6. The van der Waals surface area contributed by atoms with Crippen molar-refractivity contribution in [2.45, 2.75) is 49.9 Å². The van der Waals surface area contributed by atoms with Crippen LogP contribution in [0.3, 0.4) is 0 Å². The zero-order chi connectivity index (χ0) is 38.6. The lowest BCUT2D eigenvalue weighted by Gasteiger charge is -2.42. The fourth-order valence-corrected chi connectivity index (χ4v) is 8.93. The molecule has 4 saturated heterocycles. The van der Waals surface area contributed by atoms with Crippen LogP contribution in [0.5, 0.6) is 11.5 Å². The zero-order valence-electron chi connectivity index (χ0n) is 31.8. The third-order valence-electron chi connectivity index (χ3n) is 11.7. The average Bonchev–Trinajstić information content (AvgIpc) is 3.62. The molecule has 4 aromatic carbocycles. The molecule has 290 valence electrons. The number of halogens is 2. The van der Waals surface area contributed by atoms with Crippen molar-refractivity contribution in [2.24, 2.45) is 0 Å². The number of carbonyl (C=O) groups excluding carboxylic acids is 2. The number of anilines is 2. The largest absolute Gasteiger partial charge is 0.497 e. The van der Waals surface area contributed by atoms with Gasteiger partial charge in [-0.3, -0.25) is 9.80 Å². The first-order valence-electron chi connectivity index (χ1n) is 19.0. The van der Waals surface area contributed by atoms with Gasteiger partial charge in [-0.1, -0.05) is 56.1 Å². The molecule has 2 spiro atoms. The van der Waals surface area contributed by atoms with Gasteiger partial charge in [-0.05, 0) is 130 Å². The van der Waals surface area contributed by atoms with Crippen molar-refractivity contribution in [3.05, 3.63) is 117 Å². The zero-order valence-corrected chi connectivity index (χ0v) is 35.0. The molecule has 4 aliphatic rings. The number of nitrogens with zero attached hydrogens (tertiary/aromatic N) is 5. The van der Waals surface area contributed by atoms with Crippen LogP contribution in [0.15, 0.2) is 106 Å². The van der Waals surface area contributed by atoms with Crippen LogP contribution in [-0.4, -0.2) is 98.4 Å². The number of methoxy groups -OCH3 is 2. The molecule has 0 aromatic heterocycles. The maximum absolute atomic E-state index is 13.5. The second-order valence-corrected chi connectivity index (χ2v) is 16.9. The Balaban J connectivity index is 0.000000169. The number of amides is 4. The summed E-state index contributed by atoms with van der Waals surface area (Å²) in [6.07, 6.45) is 3.92. The maximum Gasteiger partial charge on any atom is 0.325 e. The number of ether oxygens (including phenoxy) is 2. The molecular formula is C43H50Br2N6O4. The van der Waals surface area contributed by atoms with Gasteiger partial charge in [-0.15, -0.1) is 0 Å². The lowest BCUT2D eigenvalue weighted by Crippen LogP contribution is -2.53. The lowest BCUT2D eigenvalue weighted by molar-refractivity contribution is 0.0825. The van der Waals surface area contributed by atoms with E-state index in [-0.39, 0.29) is 23.1 Å². The van der Waals surface area contributed by atoms with Crippen molar-refractivity contribution in [3.8, 4) is 11.5 Å². The van der Waals surface area contributed by atoms with E-state index in [1.54, 1.807) is 14.2 Å². The van der Waals surface area contributed by atoms with Crippen LogP contribution < -0.4 is 24.6 Å². The normalized spacial score (nSPS) is 19.2. The van der Waals surface area contributed by atoms with Crippen LogP contribution in [-0.2, 0) is 13.1 Å². The van der Waals surface area contributed by atoms with Crippen LogP contribution >= 0.6 is 31.9 Å². The number of carbonyl (C=O) groups is 2. The van der Waals surface area contributed by atoms with Crippen molar-refractivity contribution in [1.82, 2.24) is 20.0 Å². The number of nitrogens with one attached hydrogen (secondary N) is 1. The molecule has 4 fully saturated rings. The van der Waals surface area contributed by atoms with Gasteiger partial charge >= 0.3 is 12.1 Å². The van der Waals surface area contributed by atoms with Crippen LogP contribution in [0.1, 0.15) is 36.8 Å². The molecule has 0 radical (unpaired) electrons. The summed E-state index contributed by atoms with van der Waals surface area (Å²) in [6, 6.07) is 32.2. The van der Waals surface area contributed by atoms with Gasteiger partial charge in [-0.25, -0.2) is 9.59 Å². The molecule has 0 saturated carbocycles. The van der Waals surface area contributed by atoms with E-state index >= 15 is 0 Å². The van der Waals surface area contributed by atoms with Crippen molar-refractivity contribution < 1.29 is 19.1 Å². The van der Waals surface area contributed by atoms with Crippen molar-refractivity contribution >= 4 is 55.3 Å². The van der Waals surface area contributed by atoms with Gasteiger partial charge < -0.3 is 29.5 Å². The summed E-state index contributed by atoms with van der Waals surface area (Å²) in [4.78, 5) is 37.3. The fraction of sp³-hybridized carbons (Fsp3) is 0.395. The van der Waals surface area contributed by atoms with Crippen LogP contribution in [0.2, 0.25) is 0 Å². The highest BCUT2D eigenvalue weighted by molar-refractivity contribution is 9.10. The highest BCUT2D eigenvalue weighted by atomic mass is 79.9. The summed E-state index contributed by atoms with van der Waals surface area (Å²) in [5.74, 6) is 1.65. The third-order valence-corrected chi connectivity index (χ3v) is 12.7. The predicted octanol–water partition coefficient (Wildman–Crippen LogP) is 8.39. The van der Waals surface area contributed by atoms with Gasteiger partial charge in [0.15, 0.2) is 0 Å². The van der Waals surface area contributed by atoms with Crippen molar-refractivity contribution in [3.63, 3.8) is 0 Å². The van der Waals surface area contributed by atoms with Gasteiger partial charge in [-0.2, -0.15) is 0 Å². The molecular weight excluding hydrogens is 824 g/mol. The number of piperidine rings is 2. The third kappa shape index (κ3) is 8.52. The van der Waals surface area contributed by atoms with Gasteiger partial charge in [0.25, 0.3) is 0 Å². The number of rotatable bonds is 8. The molecule has 8 rings (SSSR count). The van der Waals surface area contributed by atoms with E-state index in [1.165, 1.54) is 0 Å². The number of urea groups is 2. The van der Waals surface area contributed by atoms with E-state index < -0.39 is 0 Å². The van der Waals surface area contributed by atoms with Crippen molar-refractivity contribution in [2.75, 3.05) is 70.3 Å². The monoisotopic (exact) mass is 872 g/mol. The van der Waals surface area contributed by atoms with Crippen LogP contribution in [0.25, 0.3) is 0 Å². The van der Waals surface area contributed by atoms with E-state index in [9.17, 15) is 9.59 Å². The SMILES string of the molecule is COc1cccc(CN2C(=O)N(c3ccc(Br)cc3)CC23CCN(C)CC3)c1.COc1cccc(CN2C(=O)N(c3ccc(Br)cc3)CC23CCNCC3)c1. The molecule has 0 atom stereocenters. The maximum atomic E-state index is 13.5. The molecule has 12 heteroatoms. The highest BCUT2D eigenvalue weighted by Crippen LogP contribution is 2.41. The molecule has 4 aliphatic heterocycles. The molecule has 4 amide bonds. The molecule has 10 nitrogen and oxygen atoms in total. The van der Waals surface area contributed by atoms with E-state index in [1.807, 2.05) is 94.7 Å². The van der Waals surface area contributed by atoms with E-state index in [2.05, 4.69) is 71.1 Å².